The summed E-state index contributed by atoms with van der Waals surface area (Å²) in [5, 5.41) is 0. The molecular formula is C12H20. The maximum Gasteiger partial charge on any atom is -0.0262 e. The molecule has 0 heterocycles. The second kappa shape index (κ2) is 5.18. The highest BCUT2D eigenvalue weighted by Gasteiger charge is 2.04. The van der Waals surface area contributed by atoms with Crippen LogP contribution in [0.2, 0.25) is 0 Å². The van der Waals surface area contributed by atoms with Crippen molar-refractivity contribution >= 4 is 0 Å². The fraction of sp³-hybridized carbons (Fsp3) is 0.667. The Labute approximate surface area is 76.4 Å². The number of hydrogen-bond acceptors (Lipinski definition) is 0. The van der Waals surface area contributed by atoms with Crippen LogP contribution in [0.4, 0.5) is 0 Å². The second-order valence-electron chi connectivity index (χ2n) is 3.86. The molecule has 0 heteroatoms. The van der Waals surface area contributed by atoms with Gasteiger partial charge in [-0.25, -0.2) is 0 Å². The normalized spacial score (nSPS) is 19.9. The molecule has 1 aliphatic carbocycles. The van der Waals surface area contributed by atoms with E-state index >= 15 is 0 Å². The zero-order chi connectivity index (χ0) is 8.81. The van der Waals surface area contributed by atoms with Crippen molar-refractivity contribution in [3.8, 4) is 0 Å². The Bertz CT molecular complexity index is 165. The molecule has 12 heavy (non-hydrogen) atoms. The van der Waals surface area contributed by atoms with Crippen molar-refractivity contribution in [3.05, 3.63) is 24.3 Å². The highest BCUT2D eigenvalue weighted by molar-refractivity contribution is 5.05. The minimum Gasteiger partial charge on any atom is -0.103 e. The lowest BCUT2D eigenvalue weighted by Crippen LogP contribution is -1.95. The molecule has 0 aromatic carbocycles. The fourth-order valence-electron chi connectivity index (χ4n) is 1.66. The van der Waals surface area contributed by atoms with Gasteiger partial charge in [0.2, 0.25) is 0 Å². The van der Waals surface area contributed by atoms with Gasteiger partial charge in [0.1, 0.15) is 0 Å². The van der Waals surface area contributed by atoms with Crippen LogP contribution in [-0.2, 0) is 0 Å². The van der Waals surface area contributed by atoms with Gasteiger partial charge in [0, 0.05) is 0 Å². The van der Waals surface area contributed by atoms with E-state index in [9.17, 15) is 0 Å². The molecular weight excluding hydrogens is 144 g/mol. The van der Waals surface area contributed by atoms with Crippen LogP contribution in [0.15, 0.2) is 24.3 Å². The van der Waals surface area contributed by atoms with E-state index < -0.39 is 0 Å². The van der Waals surface area contributed by atoms with Gasteiger partial charge in [-0.15, -0.1) is 6.58 Å². The molecule has 1 atom stereocenters. The monoisotopic (exact) mass is 164 g/mol. The van der Waals surface area contributed by atoms with Gasteiger partial charge < -0.3 is 0 Å². The van der Waals surface area contributed by atoms with E-state index in [-0.39, 0.29) is 0 Å². The van der Waals surface area contributed by atoms with Crippen molar-refractivity contribution in [2.75, 3.05) is 0 Å². The minimum atomic E-state index is 0.688. The van der Waals surface area contributed by atoms with Gasteiger partial charge >= 0.3 is 0 Å². The first kappa shape index (κ1) is 9.57. The third-order valence-electron chi connectivity index (χ3n) is 2.71. The summed E-state index contributed by atoms with van der Waals surface area (Å²) < 4.78 is 0. The predicted octanol–water partition coefficient (Wildman–Crippen LogP) is 4.09. The first-order chi connectivity index (χ1) is 5.83. The molecule has 0 fully saturated rings. The Hall–Kier alpha value is -0.520. The SMILES string of the molecule is C=CC(C)CCC1=CCCCC1. The molecule has 0 bridgehead atoms. The van der Waals surface area contributed by atoms with Crippen LogP contribution < -0.4 is 0 Å². The van der Waals surface area contributed by atoms with Crippen molar-refractivity contribution in [1.29, 1.82) is 0 Å². The van der Waals surface area contributed by atoms with Gasteiger partial charge in [0.05, 0.1) is 0 Å². The Morgan fingerprint density at radius 2 is 2.42 bits per heavy atom. The summed E-state index contributed by atoms with van der Waals surface area (Å²) in [5.74, 6) is 0.688. The summed E-state index contributed by atoms with van der Waals surface area (Å²) in [6.07, 6.45) is 12.6. The standard InChI is InChI=1S/C12H20/c1-3-11(2)9-10-12-7-5-4-6-8-12/h3,7,11H,1,4-6,8-10H2,2H3. The van der Waals surface area contributed by atoms with E-state index in [1.54, 1.807) is 5.57 Å². The average Bonchev–Trinajstić information content (AvgIpc) is 2.16. The lowest BCUT2D eigenvalue weighted by atomic mass is 9.93. The minimum absolute atomic E-state index is 0.688. The van der Waals surface area contributed by atoms with E-state index in [4.69, 9.17) is 0 Å². The summed E-state index contributed by atoms with van der Waals surface area (Å²) in [5.41, 5.74) is 1.69. The van der Waals surface area contributed by atoms with Gasteiger partial charge in [-0.1, -0.05) is 24.6 Å². The van der Waals surface area contributed by atoms with Crippen LogP contribution in [0, 0.1) is 5.92 Å². The molecule has 0 amide bonds. The van der Waals surface area contributed by atoms with Gasteiger partial charge in [-0.05, 0) is 44.4 Å². The highest BCUT2D eigenvalue weighted by atomic mass is 14.1. The third kappa shape index (κ3) is 3.25. The Balaban J connectivity index is 2.21. The predicted molar refractivity (Wildman–Crippen MR) is 55.1 cm³/mol. The first-order valence-corrected chi connectivity index (χ1v) is 5.13. The molecule has 0 radical (unpaired) electrons. The summed E-state index contributed by atoms with van der Waals surface area (Å²) in [6, 6.07) is 0. The largest absolute Gasteiger partial charge is 0.103 e. The van der Waals surface area contributed by atoms with E-state index in [1.807, 2.05) is 0 Å². The highest BCUT2D eigenvalue weighted by Crippen LogP contribution is 2.23. The van der Waals surface area contributed by atoms with Crippen molar-refractivity contribution in [3.63, 3.8) is 0 Å². The molecule has 0 N–H and O–H groups in total. The van der Waals surface area contributed by atoms with Crippen molar-refractivity contribution in [1.82, 2.24) is 0 Å². The molecule has 1 aliphatic rings. The van der Waals surface area contributed by atoms with Crippen LogP contribution in [0.5, 0.6) is 0 Å². The number of hydrogen-bond donors (Lipinski definition) is 0. The van der Waals surface area contributed by atoms with Gasteiger partial charge in [-0.2, -0.15) is 0 Å². The Morgan fingerprint density at radius 3 is 3.00 bits per heavy atom. The number of allylic oxidation sites excluding steroid dienone is 3. The Kier molecular flexibility index (Phi) is 4.13. The smallest absolute Gasteiger partial charge is 0.0262 e. The molecule has 1 rings (SSSR count). The second-order valence-corrected chi connectivity index (χ2v) is 3.86. The maximum atomic E-state index is 3.80. The van der Waals surface area contributed by atoms with Crippen LogP contribution in [-0.4, -0.2) is 0 Å². The summed E-state index contributed by atoms with van der Waals surface area (Å²) >= 11 is 0. The zero-order valence-corrected chi connectivity index (χ0v) is 8.18. The van der Waals surface area contributed by atoms with E-state index in [0.29, 0.717) is 5.92 Å². The van der Waals surface area contributed by atoms with Gasteiger partial charge in [0.25, 0.3) is 0 Å². The van der Waals surface area contributed by atoms with Crippen LogP contribution >= 0.6 is 0 Å². The third-order valence-corrected chi connectivity index (χ3v) is 2.71. The molecule has 0 aromatic heterocycles. The van der Waals surface area contributed by atoms with Crippen molar-refractivity contribution in [2.45, 2.75) is 45.4 Å². The van der Waals surface area contributed by atoms with Gasteiger partial charge in [0.15, 0.2) is 0 Å². The Morgan fingerprint density at radius 1 is 1.58 bits per heavy atom. The van der Waals surface area contributed by atoms with E-state index in [2.05, 4.69) is 25.7 Å². The topological polar surface area (TPSA) is 0 Å². The molecule has 1 unspecified atom stereocenters. The molecule has 0 nitrogen and oxygen atoms in total. The fourth-order valence-corrected chi connectivity index (χ4v) is 1.66. The average molecular weight is 164 g/mol. The quantitative estimate of drug-likeness (QED) is 0.549. The van der Waals surface area contributed by atoms with Gasteiger partial charge in [-0.3, -0.25) is 0 Å². The summed E-state index contributed by atoms with van der Waals surface area (Å²) in [6.45, 7) is 6.05. The lowest BCUT2D eigenvalue weighted by molar-refractivity contribution is 0.604. The molecule has 0 spiro atoms. The molecule has 0 aromatic rings. The van der Waals surface area contributed by atoms with Crippen LogP contribution in [0.3, 0.4) is 0 Å². The van der Waals surface area contributed by atoms with E-state index in [1.165, 1.54) is 38.5 Å². The molecule has 0 saturated carbocycles. The van der Waals surface area contributed by atoms with Crippen LogP contribution in [0.25, 0.3) is 0 Å². The zero-order valence-electron chi connectivity index (χ0n) is 8.18. The summed E-state index contributed by atoms with van der Waals surface area (Å²) in [4.78, 5) is 0. The summed E-state index contributed by atoms with van der Waals surface area (Å²) in [7, 11) is 0. The molecule has 0 saturated heterocycles. The molecule has 0 aliphatic heterocycles. The molecule has 68 valence electrons. The maximum absolute atomic E-state index is 3.80. The first-order valence-electron chi connectivity index (χ1n) is 5.13. The van der Waals surface area contributed by atoms with Crippen molar-refractivity contribution in [2.24, 2.45) is 5.92 Å². The van der Waals surface area contributed by atoms with Crippen LogP contribution in [0.1, 0.15) is 45.4 Å². The van der Waals surface area contributed by atoms with E-state index in [0.717, 1.165) is 0 Å². The van der Waals surface area contributed by atoms with Crippen molar-refractivity contribution < 1.29 is 0 Å². The number of rotatable bonds is 4. The lowest BCUT2D eigenvalue weighted by Gasteiger charge is -2.13.